The Morgan fingerprint density at radius 1 is 1.53 bits per heavy atom. The summed E-state index contributed by atoms with van der Waals surface area (Å²) in [6.07, 6.45) is 0.738. The molecule has 0 bridgehead atoms. The van der Waals surface area contributed by atoms with Crippen molar-refractivity contribution in [3.63, 3.8) is 0 Å². The average molecular weight is 272 g/mol. The number of nitrogens with zero attached hydrogens (tertiary/aromatic N) is 1. The highest BCUT2D eigenvalue weighted by atomic mass is 79.9. The largest absolute Gasteiger partial charge is 0.393 e. The second kappa shape index (κ2) is 3.79. The molecule has 1 aromatic rings. The van der Waals surface area contributed by atoms with E-state index >= 15 is 0 Å². The van der Waals surface area contributed by atoms with Crippen LogP contribution in [-0.2, 0) is 13.0 Å². The molecular formula is C9H10BrN3O2. The molecule has 6 heteroatoms. The summed E-state index contributed by atoms with van der Waals surface area (Å²) in [5, 5.41) is 14.0. The third-order valence-corrected chi connectivity index (χ3v) is 3.27. The van der Waals surface area contributed by atoms with Gasteiger partial charge >= 0.3 is 0 Å². The summed E-state index contributed by atoms with van der Waals surface area (Å²) in [5.74, 6) is 0. The smallest absolute Gasteiger partial charge is 0.293 e. The summed E-state index contributed by atoms with van der Waals surface area (Å²) in [7, 11) is 0. The summed E-state index contributed by atoms with van der Waals surface area (Å²) in [4.78, 5) is 10.3. The van der Waals surface area contributed by atoms with Gasteiger partial charge in [0.05, 0.1) is 4.92 Å². The molecule has 5 nitrogen and oxygen atoms in total. The van der Waals surface area contributed by atoms with Gasteiger partial charge in [0, 0.05) is 17.1 Å². The third-order valence-electron chi connectivity index (χ3n) is 2.57. The molecule has 1 aliphatic rings. The fraction of sp³-hybridized carbons (Fsp3) is 0.333. The molecule has 2 rings (SSSR count). The van der Waals surface area contributed by atoms with Crippen molar-refractivity contribution in [3.8, 4) is 0 Å². The minimum absolute atomic E-state index is 0.0116. The van der Waals surface area contributed by atoms with Crippen molar-refractivity contribution >= 4 is 27.3 Å². The maximum Gasteiger partial charge on any atom is 0.293 e. The normalized spacial score (nSPS) is 14.7. The summed E-state index contributed by atoms with van der Waals surface area (Å²) in [6, 6.07) is 1.47. The molecular weight excluding hydrogens is 262 g/mol. The Kier molecular flexibility index (Phi) is 2.62. The highest BCUT2D eigenvalue weighted by molar-refractivity contribution is 9.10. The van der Waals surface area contributed by atoms with Crippen LogP contribution < -0.4 is 11.1 Å². The summed E-state index contributed by atoms with van der Waals surface area (Å²) in [6.45, 7) is 1.52. The predicted molar refractivity (Wildman–Crippen MR) is 60.6 cm³/mol. The average Bonchev–Trinajstić information content (AvgIpc) is 2.23. The quantitative estimate of drug-likeness (QED) is 0.462. The van der Waals surface area contributed by atoms with Crippen molar-refractivity contribution in [1.82, 2.24) is 5.32 Å². The van der Waals surface area contributed by atoms with Crippen molar-refractivity contribution in [2.45, 2.75) is 13.0 Å². The molecule has 0 saturated carbocycles. The van der Waals surface area contributed by atoms with Crippen molar-refractivity contribution in [2.24, 2.45) is 0 Å². The van der Waals surface area contributed by atoms with Crippen LogP contribution in [0.15, 0.2) is 10.5 Å². The number of hydrogen-bond acceptors (Lipinski definition) is 4. The SMILES string of the molecule is Nc1c([N+](=O)[O-])cc(Br)c2c1CCNC2. The summed E-state index contributed by atoms with van der Waals surface area (Å²) in [5.41, 5.74) is 8.01. The molecule has 0 aromatic heterocycles. The van der Waals surface area contributed by atoms with E-state index in [-0.39, 0.29) is 5.69 Å². The zero-order valence-electron chi connectivity index (χ0n) is 7.92. The Labute approximate surface area is 94.9 Å². The van der Waals surface area contributed by atoms with Crippen LogP contribution in [0.5, 0.6) is 0 Å². The number of nitro benzene ring substituents is 1. The van der Waals surface area contributed by atoms with Crippen LogP contribution in [0.25, 0.3) is 0 Å². The lowest BCUT2D eigenvalue weighted by Gasteiger charge is -2.20. The van der Waals surface area contributed by atoms with E-state index in [0.29, 0.717) is 12.2 Å². The van der Waals surface area contributed by atoms with Crippen LogP contribution in [0, 0.1) is 10.1 Å². The first-order valence-electron chi connectivity index (χ1n) is 4.56. The standard InChI is InChI=1S/C9H10BrN3O2/c10-7-3-8(13(14)15)9(11)5-1-2-12-4-6(5)7/h3,12H,1-2,4,11H2. The predicted octanol–water partition coefficient (Wildman–Crippen LogP) is 1.59. The van der Waals surface area contributed by atoms with E-state index in [1.54, 1.807) is 0 Å². The fourth-order valence-electron chi connectivity index (χ4n) is 1.80. The van der Waals surface area contributed by atoms with Gasteiger partial charge in [-0.05, 0) is 24.1 Å². The van der Waals surface area contributed by atoms with E-state index in [1.807, 2.05) is 0 Å². The Balaban J connectivity index is 2.64. The Morgan fingerprint density at radius 3 is 2.93 bits per heavy atom. The topological polar surface area (TPSA) is 81.2 Å². The zero-order chi connectivity index (χ0) is 11.0. The number of nitrogens with two attached hydrogens (primary N) is 1. The minimum Gasteiger partial charge on any atom is -0.393 e. The second-order valence-corrected chi connectivity index (χ2v) is 4.29. The first kappa shape index (κ1) is 10.4. The maximum absolute atomic E-state index is 10.7. The van der Waals surface area contributed by atoms with E-state index in [1.165, 1.54) is 6.07 Å². The molecule has 0 saturated heterocycles. The Hall–Kier alpha value is -1.14. The highest BCUT2D eigenvalue weighted by Crippen LogP contribution is 2.35. The van der Waals surface area contributed by atoms with E-state index in [9.17, 15) is 10.1 Å². The number of halogens is 1. The first-order valence-corrected chi connectivity index (χ1v) is 5.35. The second-order valence-electron chi connectivity index (χ2n) is 3.43. The third kappa shape index (κ3) is 1.70. The number of anilines is 1. The monoisotopic (exact) mass is 271 g/mol. The van der Waals surface area contributed by atoms with Crippen molar-refractivity contribution in [1.29, 1.82) is 0 Å². The van der Waals surface area contributed by atoms with Crippen LogP contribution in [-0.4, -0.2) is 11.5 Å². The lowest BCUT2D eigenvalue weighted by Crippen LogP contribution is -2.25. The lowest BCUT2D eigenvalue weighted by molar-refractivity contribution is -0.384. The number of nitrogen functional groups attached to an aromatic ring is 1. The fourth-order valence-corrected chi connectivity index (χ4v) is 2.40. The molecule has 0 atom stereocenters. The molecule has 0 unspecified atom stereocenters. The number of hydrogen-bond donors (Lipinski definition) is 2. The number of nitrogens with one attached hydrogen (secondary N) is 1. The van der Waals surface area contributed by atoms with Gasteiger partial charge in [-0.1, -0.05) is 15.9 Å². The van der Waals surface area contributed by atoms with E-state index in [2.05, 4.69) is 21.2 Å². The van der Waals surface area contributed by atoms with Gasteiger partial charge in [0.15, 0.2) is 0 Å². The maximum atomic E-state index is 10.7. The highest BCUT2D eigenvalue weighted by Gasteiger charge is 2.22. The molecule has 0 radical (unpaired) electrons. The number of nitro groups is 1. The van der Waals surface area contributed by atoms with Gasteiger partial charge in [0.25, 0.3) is 5.69 Å². The van der Waals surface area contributed by atoms with Crippen molar-refractivity contribution < 1.29 is 4.92 Å². The molecule has 1 heterocycles. The molecule has 15 heavy (non-hydrogen) atoms. The van der Waals surface area contributed by atoms with Crippen LogP contribution in [0.1, 0.15) is 11.1 Å². The summed E-state index contributed by atoms with van der Waals surface area (Å²) >= 11 is 3.34. The summed E-state index contributed by atoms with van der Waals surface area (Å²) < 4.78 is 0.755. The van der Waals surface area contributed by atoms with Crippen LogP contribution in [0.2, 0.25) is 0 Å². The molecule has 0 aliphatic carbocycles. The van der Waals surface area contributed by atoms with Crippen LogP contribution in [0.3, 0.4) is 0 Å². The van der Waals surface area contributed by atoms with Gasteiger partial charge in [-0.25, -0.2) is 0 Å². The van der Waals surface area contributed by atoms with Crippen molar-refractivity contribution in [3.05, 3.63) is 31.8 Å². The Morgan fingerprint density at radius 2 is 2.27 bits per heavy atom. The van der Waals surface area contributed by atoms with Crippen LogP contribution >= 0.6 is 15.9 Å². The minimum atomic E-state index is -0.442. The molecule has 1 aromatic carbocycles. The first-order chi connectivity index (χ1) is 7.11. The van der Waals surface area contributed by atoms with Gasteiger partial charge < -0.3 is 11.1 Å². The molecule has 3 N–H and O–H groups in total. The lowest BCUT2D eigenvalue weighted by atomic mass is 9.98. The van der Waals surface area contributed by atoms with Gasteiger partial charge in [0.2, 0.25) is 0 Å². The molecule has 80 valence electrons. The number of rotatable bonds is 1. The molecule has 0 fully saturated rings. The van der Waals surface area contributed by atoms with Gasteiger partial charge in [-0.2, -0.15) is 0 Å². The van der Waals surface area contributed by atoms with E-state index in [0.717, 1.165) is 28.6 Å². The van der Waals surface area contributed by atoms with E-state index < -0.39 is 4.92 Å². The van der Waals surface area contributed by atoms with Gasteiger partial charge in [0.1, 0.15) is 5.69 Å². The van der Waals surface area contributed by atoms with Gasteiger partial charge in [-0.15, -0.1) is 0 Å². The molecule has 0 amide bonds. The zero-order valence-corrected chi connectivity index (χ0v) is 9.50. The number of benzene rings is 1. The van der Waals surface area contributed by atoms with E-state index in [4.69, 9.17) is 5.73 Å². The molecule has 1 aliphatic heterocycles. The van der Waals surface area contributed by atoms with Crippen molar-refractivity contribution in [2.75, 3.05) is 12.3 Å². The van der Waals surface area contributed by atoms with Gasteiger partial charge in [-0.3, -0.25) is 10.1 Å². The number of fused-ring (bicyclic) bond motifs is 1. The van der Waals surface area contributed by atoms with Crippen LogP contribution in [0.4, 0.5) is 11.4 Å². The Bertz CT molecular complexity index is 434. The molecule has 0 spiro atoms.